The number of carbonyl (C=O) groups excluding carboxylic acids is 6. The number of imide groups is 1. The molecule has 9 rings (SSSR count). The van der Waals surface area contributed by atoms with Crippen LogP contribution in [0.25, 0.3) is 0 Å². The van der Waals surface area contributed by atoms with Gasteiger partial charge in [-0.05, 0) is 80.1 Å². The Bertz CT molecular complexity index is 2870. The van der Waals surface area contributed by atoms with Gasteiger partial charge in [0, 0.05) is 121 Å². The van der Waals surface area contributed by atoms with Crippen LogP contribution in [-0.2, 0) is 51.3 Å². The molecule has 0 N–H and O–H groups in total. The molecule has 0 radical (unpaired) electrons. The van der Waals surface area contributed by atoms with E-state index in [2.05, 4.69) is 35.1 Å². The molecule has 0 unspecified atom stereocenters. The molecule has 3 fully saturated rings. The summed E-state index contributed by atoms with van der Waals surface area (Å²) >= 11 is 0. The van der Waals surface area contributed by atoms with E-state index in [4.69, 9.17) is 47.9 Å². The zero-order chi connectivity index (χ0) is 59.0. The van der Waals surface area contributed by atoms with Gasteiger partial charge >= 0.3 is 0 Å². The predicted octanol–water partition coefficient (Wildman–Crippen LogP) is 6.82. The molecule has 6 aliphatic rings. The summed E-state index contributed by atoms with van der Waals surface area (Å²) in [7, 11) is 3.11. The van der Waals surface area contributed by atoms with Gasteiger partial charge in [-0.1, -0.05) is 24.3 Å². The van der Waals surface area contributed by atoms with Crippen LogP contribution in [0.5, 0.6) is 23.0 Å². The minimum atomic E-state index is -0.382. The van der Waals surface area contributed by atoms with Gasteiger partial charge in [0.2, 0.25) is 0 Å². The number of hydrogen-bond acceptors (Lipinski definition) is 18. The van der Waals surface area contributed by atoms with E-state index in [9.17, 15) is 28.8 Å². The average Bonchev–Trinajstić information content (AvgIpc) is 2.48. The van der Waals surface area contributed by atoms with Gasteiger partial charge in [-0.2, -0.15) is 0 Å². The second-order valence-electron chi connectivity index (χ2n) is 21.7. The summed E-state index contributed by atoms with van der Waals surface area (Å²) in [4.78, 5) is 94.2. The molecule has 0 spiro atoms. The maximum Gasteiger partial charge on any atom is 0.257 e. The lowest BCUT2D eigenvalue weighted by Gasteiger charge is -2.36. The number of fused-ring (bicyclic) bond motifs is 4. The van der Waals surface area contributed by atoms with Crippen molar-refractivity contribution in [2.45, 2.75) is 83.1 Å². The number of unbranched alkanes of at least 4 members (excludes halogenated alkanes) is 1. The number of anilines is 1. The molecule has 0 aliphatic carbocycles. The van der Waals surface area contributed by atoms with Gasteiger partial charge < -0.3 is 52.6 Å². The number of benzene rings is 3. The second-order valence-corrected chi connectivity index (χ2v) is 21.7. The number of carbonyl (C=O) groups is 6. The largest absolute Gasteiger partial charge is 0.493 e. The van der Waals surface area contributed by atoms with Crippen molar-refractivity contribution in [2.24, 2.45) is 9.98 Å². The van der Waals surface area contributed by atoms with Crippen LogP contribution in [-0.4, -0.2) is 199 Å². The molecule has 0 aromatic heterocycles. The summed E-state index contributed by atoms with van der Waals surface area (Å²) in [5, 5.41) is 0. The van der Waals surface area contributed by atoms with Crippen LogP contribution in [0.3, 0.4) is 0 Å². The fourth-order valence-corrected chi connectivity index (χ4v) is 11.0. The van der Waals surface area contributed by atoms with Crippen molar-refractivity contribution in [3.63, 3.8) is 0 Å². The maximum absolute atomic E-state index is 13.7. The molecule has 3 saturated heterocycles. The summed E-state index contributed by atoms with van der Waals surface area (Å²) in [6, 6.07) is 13.0. The molecule has 84 heavy (non-hydrogen) atoms. The number of ether oxygens (including phenoxy) is 8. The molecule has 2 atom stereocenters. The van der Waals surface area contributed by atoms with E-state index in [1.54, 1.807) is 48.3 Å². The highest BCUT2D eigenvalue weighted by Crippen LogP contribution is 2.41. The highest BCUT2D eigenvalue weighted by molar-refractivity contribution is 6.13. The maximum atomic E-state index is 13.7. The Morgan fingerprint density at radius 1 is 0.536 bits per heavy atom. The van der Waals surface area contributed by atoms with Crippen LogP contribution in [0.15, 0.2) is 88.9 Å². The van der Waals surface area contributed by atoms with Crippen LogP contribution in [0, 0.1) is 0 Å². The van der Waals surface area contributed by atoms with E-state index in [0.717, 1.165) is 78.4 Å². The Balaban J connectivity index is 0.695. The minimum Gasteiger partial charge on any atom is -0.493 e. The SMILES string of the molecule is C=C1C[C@H]2C=Nc3cc(OCc4cc(COc5cc6c(cc5OC)C(=O)N5CC(=C)C[C@H]5C=N6)cc(N5CCN(CCCCC(=O)CCOCCOCCOCCOCCCC(=O)CCN6C(=O)C=CC6=O)CC5)c4)c(OC)cc3C(=O)N2C1. The van der Waals surface area contributed by atoms with Crippen molar-refractivity contribution in [3.05, 3.63) is 101 Å². The Labute approximate surface area is 490 Å². The molecule has 0 saturated carbocycles. The Morgan fingerprint density at radius 3 is 1.55 bits per heavy atom. The van der Waals surface area contributed by atoms with Gasteiger partial charge in [-0.25, -0.2) is 0 Å². The molecule has 6 aliphatic heterocycles. The van der Waals surface area contributed by atoms with E-state index in [-0.39, 0.29) is 73.5 Å². The molecular formula is C63H77N7O14. The normalized spacial score (nSPS) is 18.3. The molecule has 448 valence electrons. The third-order valence-electron chi connectivity index (χ3n) is 15.5. The first-order valence-electron chi connectivity index (χ1n) is 29.1. The van der Waals surface area contributed by atoms with Crippen LogP contribution >= 0.6 is 0 Å². The lowest BCUT2D eigenvalue weighted by Crippen LogP contribution is -2.46. The summed E-state index contributed by atoms with van der Waals surface area (Å²) in [5.41, 5.74) is 6.73. The topological polar surface area (TPSA) is 217 Å². The fraction of sp³-hybridized carbons (Fsp3) is 0.492. The van der Waals surface area contributed by atoms with Crippen molar-refractivity contribution in [3.8, 4) is 23.0 Å². The molecule has 3 aromatic rings. The summed E-state index contributed by atoms with van der Waals surface area (Å²) in [6.07, 6.45) is 11.0. The van der Waals surface area contributed by atoms with Gasteiger partial charge in [0.15, 0.2) is 23.0 Å². The van der Waals surface area contributed by atoms with Crippen LogP contribution in [0.1, 0.15) is 89.6 Å². The first-order chi connectivity index (χ1) is 40.8. The van der Waals surface area contributed by atoms with Gasteiger partial charge in [-0.15, -0.1) is 0 Å². The predicted molar refractivity (Wildman–Crippen MR) is 315 cm³/mol. The molecule has 4 amide bonds. The van der Waals surface area contributed by atoms with Crippen molar-refractivity contribution >= 4 is 64.7 Å². The number of hydrogen-bond donors (Lipinski definition) is 0. The number of ketones is 2. The van der Waals surface area contributed by atoms with Crippen molar-refractivity contribution in [1.82, 2.24) is 19.6 Å². The van der Waals surface area contributed by atoms with E-state index < -0.39 is 0 Å². The quantitative estimate of drug-likeness (QED) is 0.0347. The molecular weight excluding hydrogens is 1080 g/mol. The summed E-state index contributed by atoms with van der Waals surface area (Å²) in [6.45, 7) is 17.0. The van der Waals surface area contributed by atoms with Crippen molar-refractivity contribution in [2.75, 3.05) is 124 Å². The molecule has 6 heterocycles. The van der Waals surface area contributed by atoms with Crippen molar-refractivity contribution in [1.29, 1.82) is 0 Å². The smallest absolute Gasteiger partial charge is 0.257 e. The van der Waals surface area contributed by atoms with Gasteiger partial charge in [-0.3, -0.25) is 48.6 Å². The fourth-order valence-electron chi connectivity index (χ4n) is 11.0. The number of aliphatic imine (C=N–C) groups is 2. The number of piperazine rings is 1. The third kappa shape index (κ3) is 16.2. The molecule has 0 bridgehead atoms. The molecule has 21 nitrogen and oxygen atoms in total. The lowest BCUT2D eigenvalue weighted by molar-refractivity contribution is -0.137. The van der Waals surface area contributed by atoms with Gasteiger partial charge in [0.25, 0.3) is 23.6 Å². The summed E-state index contributed by atoms with van der Waals surface area (Å²) < 4.78 is 46.9. The van der Waals surface area contributed by atoms with Gasteiger partial charge in [0.05, 0.1) is 95.1 Å². The standard InChI is InChI=1S/C63H77N7O14/c1-43-28-48-37-64-54-35-58(56(77-3)33-52(54)62(75)69(48)39-43)83-41-45-30-46(42-84-59-36-55-53(34-57(59)78-4)63(76)70-40-44(2)29-49(70)38-65-55)32-47(31-45)67-18-16-66(17-19-67)14-6-5-8-51(72)13-21-80-23-25-82-27-26-81-24-22-79-20-7-9-50(71)12-15-68-60(73)10-11-61(68)74/h10-11,30-38,48-49H,1-2,5-9,12-29,39-42H2,3-4H3/t48-,49-/m0/s1. The average molecular weight is 1160 g/mol. The van der Waals surface area contributed by atoms with Crippen LogP contribution < -0.4 is 23.8 Å². The van der Waals surface area contributed by atoms with Crippen LogP contribution in [0.2, 0.25) is 0 Å². The Morgan fingerprint density at radius 2 is 1.02 bits per heavy atom. The second kappa shape index (κ2) is 29.8. The molecule has 3 aromatic carbocycles. The first-order valence-corrected chi connectivity index (χ1v) is 29.1. The highest BCUT2D eigenvalue weighted by Gasteiger charge is 2.36. The van der Waals surface area contributed by atoms with E-state index in [0.29, 0.717) is 150 Å². The van der Waals surface area contributed by atoms with Gasteiger partial charge in [0.1, 0.15) is 24.8 Å². The number of rotatable bonds is 33. The zero-order valence-electron chi connectivity index (χ0n) is 48.4. The number of nitrogens with zero attached hydrogens (tertiary/aromatic N) is 7. The van der Waals surface area contributed by atoms with Crippen LogP contribution in [0.4, 0.5) is 17.1 Å². The number of methoxy groups -OCH3 is 2. The molecule has 21 heteroatoms. The van der Waals surface area contributed by atoms with E-state index >= 15 is 0 Å². The van der Waals surface area contributed by atoms with E-state index in [1.807, 2.05) is 18.5 Å². The number of amides is 4. The minimum absolute atomic E-state index is 0.0200. The summed E-state index contributed by atoms with van der Waals surface area (Å²) in [5.74, 6) is 0.935. The Kier molecular flexibility index (Phi) is 21.6. The third-order valence-corrected chi connectivity index (χ3v) is 15.5. The lowest BCUT2D eigenvalue weighted by atomic mass is 10.1. The monoisotopic (exact) mass is 1160 g/mol. The first kappa shape index (κ1) is 61.0. The Hall–Kier alpha value is -7.56. The zero-order valence-corrected chi connectivity index (χ0v) is 48.4. The number of Topliss-reactive ketones (excluding diaryl/α,β-unsaturated/α-hetero) is 2. The van der Waals surface area contributed by atoms with E-state index in [1.165, 1.54) is 12.2 Å². The highest BCUT2D eigenvalue weighted by atomic mass is 16.6. The van der Waals surface area contributed by atoms with Crippen molar-refractivity contribution < 1.29 is 66.7 Å².